The number of hydrogen-bond donors (Lipinski definition) is 2. The summed E-state index contributed by atoms with van der Waals surface area (Å²) in [5.74, 6) is 1.70. The van der Waals surface area contributed by atoms with Gasteiger partial charge in [0.15, 0.2) is 11.5 Å². The van der Waals surface area contributed by atoms with Crippen LogP contribution in [0.4, 0.5) is 0 Å². The average molecular weight is 334 g/mol. The van der Waals surface area contributed by atoms with E-state index in [4.69, 9.17) is 9.47 Å². The SMILES string of the molecule is COc1ccc(C(C)(C)CNC(=O)[C@H]2CCN[C@@H](C)C2)cc1OC. The lowest BCUT2D eigenvalue weighted by Crippen LogP contribution is -2.45. The number of hydrogen-bond acceptors (Lipinski definition) is 4. The van der Waals surface area contributed by atoms with Crippen LogP contribution in [0, 0.1) is 5.92 Å². The number of nitrogens with one attached hydrogen (secondary N) is 2. The highest BCUT2D eigenvalue weighted by molar-refractivity contribution is 5.79. The molecule has 5 nitrogen and oxygen atoms in total. The molecule has 0 saturated carbocycles. The lowest BCUT2D eigenvalue weighted by Gasteiger charge is -2.30. The van der Waals surface area contributed by atoms with Crippen molar-refractivity contribution in [2.45, 2.75) is 45.1 Å². The fraction of sp³-hybridized carbons (Fsp3) is 0.632. The monoisotopic (exact) mass is 334 g/mol. The van der Waals surface area contributed by atoms with Crippen molar-refractivity contribution < 1.29 is 14.3 Å². The molecule has 5 heteroatoms. The van der Waals surface area contributed by atoms with Gasteiger partial charge in [0.05, 0.1) is 14.2 Å². The van der Waals surface area contributed by atoms with Crippen LogP contribution in [0.3, 0.4) is 0 Å². The highest BCUT2D eigenvalue weighted by Gasteiger charge is 2.27. The first-order chi connectivity index (χ1) is 11.4. The van der Waals surface area contributed by atoms with Crippen LogP contribution in [0.2, 0.25) is 0 Å². The van der Waals surface area contributed by atoms with Crippen molar-refractivity contribution in [3.63, 3.8) is 0 Å². The Balaban J connectivity index is 2.01. The van der Waals surface area contributed by atoms with E-state index >= 15 is 0 Å². The van der Waals surface area contributed by atoms with Crippen LogP contribution in [-0.4, -0.2) is 39.3 Å². The second-order valence-electron chi connectivity index (χ2n) is 7.25. The molecule has 0 bridgehead atoms. The second-order valence-corrected chi connectivity index (χ2v) is 7.25. The minimum Gasteiger partial charge on any atom is -0.493 e. The summed E-state index contributed by atoms with van der Waals surface area (Å²) in [6, 6.07) is 6.33. The zero-order valence-corrected chi connectivity index (χ0v) is 15.4. The summed E-state index contributed by atoms with van der Waals surface area (Å²) in [5.41, 5.74) is 0.924. The summed E-state index contributed by atoms with van der Waals surface area (Å²) in [6.45, 7) is 7.89. The van der Waals surface area contributed by atoms with E-state index in [1.165, 1.54) is 0 Å². The Hall–Kier alpha value is -1.75. The van der Waals surface area contributed by atoms with Gasteiger partial charge in [0, 0.05) is 23.9 Å². The molecule has 1 aliphatic heterocycles. The molecule has 2 atom stereocenters. The molecular weight excluding hydrogens is 304 g/mol. The van der Waals surface area contributed by atoms with Crippen LogP contribution in [-0.2, 0) is 10.2 Å². The Bertz CT molecular complexity index is 572. The van der Waals surface area contributed by atoms with Crippen LogP contribution in [0.1, 0.15) is 39.2 Å². The molecule has 1 heterocycles. The average Bonchev–Trinajstić information content (AvgIpc) is 2.59. The number of piperidine rings is 1. The Morgan fingerprint density at radius 3 is 2.62 bits per heavy atom. The third kappa shape index (κ3) is 4.41. The van der Waals surface area contributed by atoms with Crippen molar-refractivity contribution >= 4 is 5.91 Å². The van der Waals surface area contributed by atoms with Crippen LogP contribution in [0.5, 0.6) is 11.5 Å². The quantitative estimate of drug-likeness (QED) is 0.839. The van der Waals surface area contributed by atoms with E-state index in [1.54, 1.807) is 14.2 Å². The van der Waals surface area contributed by atoms with E-state index in [-0.39, 0.29) is 17.2 Å². The number of carbonyl (C=O) groups excluding carboxylic acids is 1. The molecule has 1 aromatic rings. The highest BCUT2D eigenvalue weighted by Crippen LogP contribution is 2.33. The van der Waals surface area contributed by atoms with Gasteiger partial charge < -0.3 is 20.1 Å². The van der Waals surface area contributed by atoms with E-state index < -0.39 is 0 Å². The number of benzene rings is 1. The maximum absolute atomic E-state index is 12.5. The predicted octanol–water partition coefficient (Wildman–Crippen LogP) is 2.49. The summed E-state index contributed by atoms with van der Waals surface area (Å²) in [7, 11) is 3.26. The van der Waals surface area contributed by atoms with Gasteiger partial charge in [-0.3, -0.25) is 4.79 Å². The van der Waals surface area contributed by atoms with Gasteiger partial charge >= 0.3 is 0 Å². The lowest BCUT2D eigenvalue weighted by molar-refractivity contribution is -0.126. The van der Waals surface area contributed by atoms with Crippen molar-refractivity contribution in [3.8, 4) is 11.5 Å². The van der Waals surface area contributed by atoms with Crippen LogP contribution in [0.25, 0.3) is 0 Å². The molecule has 0 radical (unpaired) electrons. The Kier molecular flexibility index (Phi) is 6.10. The standard InChI is InChI=1S/C19H30N2O3/c1-13-10-14(8-9-20-13)18(22)21-12-19(2,3)15-6-7-16(23-4)17(11-15)24-5/h6-7,11,13-14,20H,8-10,12H2,1-5H3,(H,21,22)/t13-,14-/m0/s1. The largest absolute Gasteiger partial charge is 0.493 e. The number of methoxy groups -OCH3 is 2. The lowest BCUT2D eigenvalue weighted by atomic mass is 9.84. The minimum absolute atomic E-state index is 0.113. The molecule has 134 valence electrons. The zero-order chi connectivity index (χ0) is 17.7. The van der Waals surface area contributed by atoms with E-state index in [0.29, 0.717) is 24.1 Å². The van der Waals surface area contributed by atoms with Gasteiger partial charge in [-0.15, -0.1) is 0 Å². The van der Waals surface area contributed by atoms with E-state index in [2.05, 4.69) is 31.4 Å². The van der Waals surface area contributed by atoms with E-state index in [0.717, 1.165) is 24.9 Å². The van der Waals surface area contributed by atoms with E-state index in [1.807, 2.05) is 18.2 Å². The summed E-state index contributed by atoms with van der Waals surface area (Å²) in [6.07, 6.45) is 1.82. The molecule has 1 amide bonds. The van der Waals surface area contributed by atoms with Gasteiger partial charge in [-0.05, 0) is 44.0 Å². The van der Waals surface area contributed by atoms with Crippen LogP contribution < -0.4 is 20.1 Å². The first kappa shape index (κ1) is 18.6. The first-order valence-electron chi connectivity index (χ1n) is 8.61. The molecule has 0 unspecified atom stereocenters. The maximum Gasteiger partial charge on any atom is 0.223 e. The van der Waals surface area contributed by atoms with Crippen molar-refractivity contribution in [3.05, 3.63) is 23.8 Å². The maximum atomic E-state index is 12.5. The molecule has 24 heavy (non-hydrogen) atoms. The molecular formula is C19H30N2O3. The summed E-state index contributed by atoms with van der Waals surface area (Å²) in [4.78, 5) is 12.5. The Morgan fingerprint density at radius 2 is 2.00 bits per heavy atom. The topological polar surface area (TPSA) is 59.6 Å². The minimum atomic E-state index is -0.187. The van der Waals surface area contributed by atoms with Gasteiger partial charge in [-0.2, -0.15) is 0 Å². The predicted molar refractivity (Wildman–Crippen MR) is 95.8 cm³/mol. The molecule has 2 rings (SSSR count). The van der Waals surface area contributed by atoms with Gasteiger partial charge in [0.1, 0.15) is 0 Å². The van der Waals surface area contributed by atoms with Gasteiger partial charge in [0.25, 0.3) is 0 Å². The molecule has 0 aromatic heterocycles. The van der Waals surface area contributed by atoms with Gasteiger partial charge in [0.2, 0.25) is 5.91 Å². The Labute approximate surface area is 145 Å². The smallest absolute Gasteiger partial charge is 0.223 e. The molecule has 1 aromatic carbocycles. The number of rotatable bonds is 6. The third-order valence-electron chi connectivity index (χ3n) is 4.86. The van der Waals surface area contributed by atoms with Crippen molar-refractivity contribution in [1.29, 1.82) is 0 Å². The van der Waals surface area contributed by atoms with Crippen molar-refractivity contribution in [2.75, 3.05) is 27.3 Å². The molecule has 1 fully saturated rings. The van der Waals surface area contributed by atoms with Gasteiger partial charge in [-0.25, -0.2) is 0 Å². The molecule has 0 aliphatic carbocycles. The number of amides is 1. The second kappa shape index (κ2) is 7.88. The molecule has 0 spiro atoms. The fourth-order valence-electron chi connectivity index (χ4n) is 3.18. The van der Waals surface area contributed by atoms with Crippen molar-refractivity contribution in [2.24, 2.45) is 5.92 Å². The van der Waals surface area contributed by atoms with Crippen LogP contribution in [0.15, 0.2) is 18.2 Å². The third-order valence-corrected chi connectivity index (χ3v) is 4.86. The number of ether oxygens (including phenoxy) is 2. The summed E-state index contributed by atoms with van der Waals surface area (Å²) in [5, 5.41) is 6.52. The van der Waals surface area contributed by atoms with Crippen molar-refractivity contribution in [1.82, 2.24) is 10.6 Å². The summed E-state index contributed by atoms with van der Waals surface area (Å²) >= 11 is 0. The summed E-state index contributed by atoms with van der Waals surface area (Å²) < 4.78 is 10.7. The number of carbonyl (C=O) groups is 1. The Morgan fingerprint density at radius 1 is 1.29 bits per heavy atom. The normalized spacial score (nSPS) is 21.2. The van der Waals surface area contributed by atoms with E-state index in [9.17, 15) is 4.79 Å². The van der Waals surface area contributed by atoms with Gasteiger partial charge in [-0.1, -0.05) is 19.9 Å². The highest BCUT2D eigenvalue weighted by atomic mass is 16.5. The van der Waals surface area contributed by atoms with Crippen LogP contribution >= 0.6 is 0 Å². The molecule has 1 aliphatic rings. The first-order valence-corrected chi connectivity index (χ1v) is 8.61. The fourth-order valence-corrected chi connectivity index (χ4v) is 3.18. The molecule has 1 saturated heterocycles. The molecule has 2 N–H and O–H groups in total. The zero-order valence-electron chi connectivity index (χ0n) is 15.4.